The third-order valence-corrected chi connectivity index (χ3v) is 3.87. The second-order valence-electron chi connectivity index (χ2n) is 5.65. The number of benzene rings is 2. The van der Waals surface area contributed by atoms with Crippen LogP contribution in [-0.2, 0) is 14.3 Å². The predicted molar refractivity (Wildman–Crippen MR) is 108 cm³/mol. The van der Waals surface area contributed by atoms with Gasteiger partial charge in [-0.25, -0.2) is 10.2 Å². The summed E-state index contributed by atoms with van der Waals surface area (Å²) in [6.45, 7) is 0. The monoisotopic (exact) mass is 415 g/mol. The zero-order valence-electron chi connectivity index (χ0n) is 16.8. The summed E-state index contributed by atoms with van der Waals surface area (Å²) < 4.78 is 20.4. The zero-order chi connectivity index (χ0) is 22.1. The summed E-state index contributed by atoms with van der Waals surface area (Å²) in [7, 11) is 5.67. The maximum atomic E-state index is 12.0. The molecule has 2 rings (SSSR count). The number of rotatable bonds is 7. The van der Waals surface area contributed by atoms with Gasteiger partial charge in [-0.15, -0.1) is 0 Å². The lowest BCUT2D eigenvalue weighted by Gasteiger charge is -2.13. The molecule has 2 aromatic carbocycles. The summed E-state index contributed by atoms with van der Waals surface area (Å²) in [6.07, 6.45) is 1.30. The Bertz CT molecular complexity index is 956. The first-order chi connectivity index (χ1) is 14.4. The average Bonchev–Trinajstić information content (AvgIpc) is 2.78. The minimum absolute atomic E-state index is 0.313. The molecule has 2 N–H and O–H groups in total. The standard InChI is InChI=1S/C20H21N3O7/c1-27-15-10-7-13(16(28-2)17(15)29-3)11-21-23-19(25)18(24)22-14-8-5-12(6-9-14)20(26)30-4/h5-11H,1-4H3,(H,22,24)(H,23,25)/b21-11-. The van der Waals surface area contributed by atoms with Crippen LogP contribution in [0, 0.1) is 0 Å². The second kappa shape index (κ2) is 10.5. The zero-order valence-corrected chi connectivity index (χ0v) is 16.8. The number of ether oxygens (including phenoxy) is 4. The van der Waals surface area contributed by atoms with Gasteiger partial charge in [0.25, 0.3) is 0 Å². The fraction of sp³-hybridized carbons (Fsp3) is 0.200. The van der Waals surface area contributed by atoms with Gasteiger partial charge in [-0.1, -0.05) is 0 Å². The molecule has 0 saturated heterocycles. The van der Waals surface area contributed by atoms with Gasteiger partial charge in [-0.3, -0.25) is 9.59 Å². The largest absolute Gasteiger partial charge is 0.493 e. The predicted octanol–water partition coefficient (Wildman–Crippen LogP) is 1.59. The van der Waals surface area contributed by atoms with Crippen molar-refractivity contribution in [2.45, 2.75) is 0 Å². The Balaban J connectivity index is 2.02. The molecule has 158 valence electrons. The van der Waals surface area contributed by atoms with Crippen molar-refractivity contribution in [3.8, 4) is 17.2 Å². The van der Waals surface area contributed by atoms with Crippen molar-refractivity contribution in [2.24, 2.45) is 5.10 Å². The number of nitrogens with one attached hydrogen (secondary N) is 2. The van der Waals surface area contributed by atoms with Crippen LogP contribution in [0.2, 0.25) is 0 Å². The molecule has 0 radical (unpaired) electrons. The van der Waals surface area contributed by atoms with Gasteiger partial charge in [0.15, 0.2) is 11.5 Å². The van der Waals surface area contributed by atoms with Crippen molar-refractivity contribution in [3.63, 3.8) is 0 Å². The van der Waals surface area contributed by atoms with Gasteiger partial charge in [-0.05, 0) is 36.4 Å². The lowest BCUT2D eigenvalue weighted by Crippen LogP contribution is -2.32. The molecule has 0 bridgehead atoms. The van der Waals surface area contributed by atoms with Gasteiger partial charge < -0.3 is 24.3 Å². The van der Waals surface area contributed by atoms with E-state index in [1.165, 1.54) is 58.9 Å². The molecule has 2 aromatic rings. The highest BCUT2D eigenvalue weighted by Gasteiger charge is 2.16. The van der Waals surface area contributed by atoms with E-state index in [9.17, 15) is 14.4 Å². The first-order valence-electron chi connectivity index (χ1n) is 8.56. The molecule has 0 atom stereocenters. The van der Waals surface area contributed by atoms with Crippen molar-refractivity contribution in [3.05, 3.63) is 47.5 Å². The van der Waals surface area contributed by atoms with Crippen LogP contribution < -0.4 is 25.0 Å². The van der Waals surface area contributed by atoms with Gasteiger partial charge in [0.2, 0.25) is 5.75 Å². The maximum Gasteiger partial charge on any atom is 0.337 e. The molecule has 0 spiro atoms. The van der Waals surface area contributed by atoms with Crippen LogP contribution >= 0.6 is 0 Å². The number of amides is 2. The van der Waals surface area contributed by atoms with E-state index in [1.54, 1.807) is 12.1 Å². The molecule has 0 aliphatic rings. The highest BCUT2D eigenvalue weighted by molar-refractivity contribution is 6.39. The van der Waals surface area contributed by atoms with Gasteiger partial charge in [0.1, 0.15) is 0 Å². The molecule has 0 saturated carbocycles. The molecular weight excluding hydrogens is 394 g/mol. The van der Waals surface area contributed by atoms with E-state index in [0.717, 1.165) is 0 Å². The Hall–Kier alpha value is -4.08. The number of anilines is 1. The Kier molecular flexibility index (Phi) is 7.74. The van der Waals surface area contributed by atoms with E-state index in [0.29, 0.717) is 34.1 Å². The molecule has 0 aliphatic heterocycles. The SMILES string of the molecule is COC(=O)c1ccc(NC(=O)C(=O)N/N=C\c2ccc(OC)c(OC)c2OC)cc1. The van der Waals surface area contributed by atoms with Crippen LogP contribution in [0.25, 0.3) is 0 Å². The number of carbonyl (C=O) groups excluding carboxylic acids is 3. The Labute approximate surface area is 172 Å². The van der Waals surface area contributed by atoms with E-state index in [2.05, 4.69) is 20.6 Å². The normalized spacial score (nSPS) is 10.3. The van der Waals surface area contributed by atoms with Crippen LogP contribution in [0.3, 0.4) is 0 Å². The number of hydrazone groups is 1. The Morgan fingerprint density at radius 3 is 2.07 bits per heavy atom. The van der Waals surface area contributed by atoms with Crippen LogP contribution in [0.1, 0.15) is 15.9 Å². The fourth-order valence-electron chi connectivity index (χ4n) is 2.43. The second-order valence-corrected chi connectivity index (χ2v) is 5.65. The van der Waals surface area contributed by atoms with E-state index in [4.69, 9.17) is 14.2 Å². The van der Waals surface area contributed by atoms with Crippen LogP contribution in [0.5, 0.6) is 17.2 Å². The minimum atomic E-state index is -0.984. The molecule has 10 heteroatoms. The van der Waals surface area contributed by atoms with Crippen LogP contribution in [0.15, 0.2) is 41.5 Å². The van der Waals surface area contributed by atoms with E-state index < -0.39 is 17.8 Å². The van der Waals surface area contributed by atoms with E-state index in [1.807, 2.05) is 0 Å². The summed E-state index contributed by atoms with van der Waals surface area (Å²) in [5, 5.41) is 6.16. The molecule has 30 heavy (non-hydrogen) atoms. The third-order valence-electron chi connectivity index (χ3n) is 3.87. The molecular formula is C20H21N3O7. The quantitative estimate of drug-likeness (QED) is 0.304. The van der Waals surface area contributed by atoms with Crippen molar-refractivity contribution in [1.82, 2.24) is 5.43 Å². The summed E-state index contributed by atoms with van der Waals surface area (Å²) in [6, 6.07) is 9.15. The lowest BCUT2D eigenvalue weighted by atomic mass is 10.2. The molecule has 0 fully saturated rings. The molecule has 0 heterocycles. The van der Waals surface area contributed by atoms with Crippen molar-refractivity contribution in [1.29, 1.82) is 0 Å². The molecule has 0 aliphatic carbocycles. The first kappa shape index (κ1) is 22.2. The number of hydrogen-bond donors (Lipinski definition) is 2. The van der Waals surface area contributed by atoms with E-state index in [-0.39, 0.29) is 0 Å². The van der Waals surface area contributed by atoms with Crippen molar-refractivity contribution >= 4 is 29.7 Å². The Morgan fingerprint density at radius 2 is 1.50 bits per heavy atom. The van der Waals surface area contributed by atoms with Crippen LogP contribution in [0.4, 0.5) is 5.69 Å². The molecule has 0 aromatic heterocycles. The molecule has 2 amide bonds. The summed E-state index contributed by atoms with van der Waals surface area (Å²) >= 11 is 0. The van der Waals surface area contributed by atoms with Gasteiger partial charge >= 0.3 is 17.8 Å². The van der Waals surface area contributed by atoms with E-state index >= 15 is 0 Å². The fourth-order valence-corrected chi connectivity index (χ4v) is 2.43. The highest BCUT2D eigenvalue weighted by Crippen LogP contribution is 2.38. The summed E-state index contributed by atoms with van der Waals surface area (Å²) in [4.78, 5) is 35.3. The van der Waals surface area contributed by atoms with Crippen molar-refractivity contribution in [2.75, 3.05) is 33.8 Å². The number of nitrogens with zero attached hydrogens (tertiary/aromatic N) is 1. The van der Waals surface area contributed by atoms with Gasteiger partial charge in [-0.2, -0.15) is 5.10 Å². The lowest BCUT2D eigenvalue weighted by molar-refractivity contribution is -0.136. The van der Waals surface area contributed by atoms with Gasteiger partial charge in [0.05, 0.1) is 40.2 Å². The summed E-state index contributed by atoms with van der Waals surface area (Å²) in [5.41, 5.74) is 3.26. The first-order valence-corrected chi connectivity index (χ1v) is 8.56. The molecule has 10 nitrogen and oxygen atoms in total. The minimum Gasteiger partial charge on any atom is -0.493 e. The Morgan fingerprint density at radius 1 is 0.833 bits per heavy atom. The number of methoxy groups -OCH3 is 4. The molecule has 0 unspecified atom stereocenters. The third kappa shape index (κ3) is 5.25. The smallest absolute Gasteiger partial charge is 0.337 e. The number of carbonyl (C=O) groups is 3. The van der Waals surface area contributed by atoms with Crippen molar-refractivity contribution < 1.29 is 33.3 Å². The van der Waals surface area contributed by atoms with Gasteiger partial charge in [0, 0.05) is 11.3 Å². The average molecular weight is 415 g/mol. The summed E-state index contributed by atoms with van der Waals surface area (Å²) in [5.74, 6) is -1.24. The number of hydrogen-bond acceptors (Lipinski definition) is 8. The maximum absolute atomic E-state index is 12.0. The number of esters is 1. The van der Waals surface area contributed by atoms with Crippen LogP contribution in [-0.4, -0.2) is 52.4 Å². The highest BCUT2D eigenvalue weighted by atomic mass is 16.5. The topological polar surface area (TPSA) is 125 Å².